The average molecular weight is 380 g/mol. The van der Waals surface area contributed by atoms with Crippen LogP contribution in [0.25, 0.3) is 0 Å². The van der Waals surface area contributed by atoms with Crippen molar-refractivity contribution in [3.8, 4) is 0 Å². The number of likely N-dealkylation sites (N-methyl/N-ethyl adjacent to an activating group) is 1. The monoisotopic (exact) mass is 378 g/mol. The molecule has 0 aliphatic heterocycles. The summed E-state index contributed by atoms with van der Waals surface area (Å²) < 4.78 is 2.02. The van der Waals surface area contributed by atoms with Gasteiger partial charge in [0.2, 0.25) is 0 Å². The largest absolute Gasteiger partial charge is 0.390 e. The third-order valence-corrected chi connectivity index (χ3v) is 3.97. The lowest BCUT2D eigenvalue weighted by atomic mass is 10.2. The molecule has 0 radical (unpaired) electrons. The van der Waals surface area contributed by atoms with Gasteiger partial charge in [0.25, 0.3) is 0 Å². The SMILES string of the molecule is CCN(CC)CC(O)CNc1ccc(Br)cc1Br. The van der Waals surface area contributed by atoms with Gasteiger partial charge in [-0.3, -0.25) is 0 Å². The van der Waals surface area contributed by atoms with E-state index in [1.54, 1.807) is 0 Å². The van der Waals surface area contributed by atoms with Gasteiger partial charge >= 0.3 is 0 Å². The maximum atomic E-state index is 9.96. The first-order valence-electron chi connectivity index (χ1n) is 6.16. The molecule has 0 aliphatic carbocycles. The van der Waals surface area contributed by atoms with E-state index in [4.69, 9.17) is 0 Å². The van der Waals surface area contributed by atoms with Crippen LogP contribution in [0.1, 0.15) is 13.8 Å². The predicted octanol–water partition coefficient (Wildman–Crippen LogP) is 3.33. The molecule has 18 heavy (non-hydrogen) atoms. The highest BCUT2D eigenvalue weighted by Gasteiger charge is 2.09. The molecular formula is C13H20Br2N2O. The van der Waals surface area contributed by atoms with E-state index < -0.39 is 0 Å². The number of aliphatic hydroxyl groups is 1. The Morgan fingerprint density at radius 2 is 1.94 bits per heavy atom. The molecule has 1 aromatic rings. The standard InChI is InChI=1S/C13H20Br2N2O/c1-3-17(4-2)9-11(18)8-16-13-6-5-10(14)7-12(13)15/h5-7,11,16,18H,3-4,8-9H2,1-2H3. The number of nitrogens with zero attached hydrogens (tertiary/aromatic N) is 1. The van der Waals surface area contributed by atoms with Crippen LogP contribution >= 0.6 is 31.9 Å². The third kappa shape index (κ3) is 5.26. The summed E-state index contributed by atoms with van der Waals surface area (Å²) in [5.74, 6) is 0. The summed E-state index contributed by atoms with van der Waals surface area (Å²) in [4.78, 5) is 2.21. The number of anilines is 1. The first-order chi connectivity index (χ1) is 8.56. The zero-order valence-corrected chi connectivity index (χ0v) is 14.0. The van der Waals surface area contributed by atoms with Crippen LogP contribution in [-0.2, 0) is 0 Å². The molecule has 1 atom stereocenters. The van der Waals surface area contributed by atoms with Crippen LogP contribution in [0.2, 0.25) is 0 Å². The Kier molecular flexibility index (Phi) is 7.22. The molecule has 0 aliphatic rings. The first-order valence-corrected chi connectivity index (χ1v) is 7.74. The maximum Gasteiger partial charge on any atom is 0.0839 e. The van der Waals surface area contributed by atoms with Crippen molar-refractivity contribution in [1.29, 1.82) is 0 Å². The molecule has 1 aromatic carbocycles. The van der Waals surface area contributed by atoms with Crippen molar-refractivity contribution in [1.82, 2.24) is 4.90 Å². The zero-order chi connectivity index (χ0) is 13.5. The van der Waals surface area contributed by atoms with Crippen LogP contribution in [0, 0.1) is 0 Å². The Hall–Kier alpha value is -0.100. The fourth-order valence-electron chi connectivity index (χ4n) is 1.71. The third-order valence-electron chi connectivity index (χ3n) is 2.82. The second-order valence-electron chi connectivity index (χ2n) is 4.14. The van der Waals surface area contributed by atoms with Crippen molar-refractivity contribution in [2.45, 2.75) is 20.0 Å². The van der Waals surface area contributed by atoms with E-state index in [2.05, 4.69) is 55.9 Å². The van der Waals surface area contributed by atoms with Crippen LogP contribution in [0.15, 0.2) is 27.1 Å². The lowest BCUT2D eigenvalue weighted by Crippen LogP contribution is -2.35. The van der Waals surface area contributed by atoms with Gasteiger partial charge in [0.1, 0.15) is 0 Å². The summed E-state index contributed by atoms with van der Waals surface area (Å²) in [5, 5.41) is 13.2. The molecule has 5 heteroatoms. The Bertz CT molecular complexity index is 370. The normalized spacial score (nSPS) is 12.8. The van der Waals surface area contributed by atoms with E-state index in [0.29, 0.717) is 13.1 Å². The quantitative estimate of drug-likeness (QED) is 0.762. The van der Waals surface area contributed by atoms with Gasteiger partial charge in [-0.1, -0.05) is 29.8 Å². The van der Waals surface area contributed by atoms with E-state index in [-0.39, 0.29) is 6.10 Å². The Labute approximate surface area is 126 Å². The predicted molar refractivity (Wildman–Crippen MR) is 84.1 cm³/mol. The molecule has 1 rings (SSSR count). The molecule has 102 valence electrons. The molecule has 0 heterocycles. The molecule has 3 nitrogen and oxygen atoms in total. The van der Waals surface area contributed by atoms with E-state index >= 15 is 0 Å². The van der Waals surface area contributed by atoms with Crippen LogP contribution in [0.3, 0.4) is 0 Å². The molecule has 2 N–H and O–H groups in total. The second-order valence-corrected chi connectivity index (χ2v) is 5.91. The summed E-state index contributed by atoms with van der Waals surface area (Å²) in [7, 11) is 0. The lowest BCUT2D eigenvalue weighted by molar-refractivity contribution is 0.128. The van der Waals surface area contributed by atoms with Gasteiger partial charge in [0.15, 0.2) is 0 Å². The fourth-order valence-corrected chi connectivity index (χ4v) is 2.89. The van der Waals surface area contributed by atoms with Gasteiger partial charge in [0.05, 0.1) is 6.10 Å². The highest BCUT2D eigenvalue weighted by Crippen LogP contribution is 2.25. The van der Waals surface area contributed by atoms with Crippen molar-refractivity contribution >= 4 is 37.5 Å². The summed E-state index contributed by atoms with van der Waals surface area (Å²) in [6, 6.07) is 5.95. The molecule has 0 spiro atoms. The van der Waals surface area contributed by atoms with Crippen molar-refractivity contribution in [3.63, 3.8) is 0 Å². The van der Waals surface area contributed by atoms with Gasteiger partial charge < -0.3 is 15.3 Å². The summed E-state index contributed by atoms with van der Waals surface area (Å²) in [6.45, 7) is 7.40. The van der Waals surface area contributed by atoms with Crippen LogP contribution in [-0.4, -0.2) is 42.3 Å². The molecule has 0 saturated carbocycles. The first kappa shape index (κ1) is 16.0. The van der Waals surface area contributed by atoms with E-state index in [1.807, 2.05) is 18.2 Å². The number of nitrogens with one attached hydrogen (secondary N) is 1. The molecule has 0 bridgehead atoms. The highest BCUT2D eigenvalue weighted by molar-refractivity contribution is 9.11. The zero-order valence-electron chi connectivity index (χ0n) is 10.8. The van der Waals surface area contributed by atoms with Gasteiger partial charge in [-0.25, -0.2) is 0 Å². The molecular weight excluding hydrogens is 360 g/mol. The van der Waals surface area contributed by atoms with Crippen LogP contribution in [0.5, 0.6) is 0 Å². The number of rotatable bonds is 7. The summed E-state index contributed by atoms with van der Waals surface area (Å²) in [6.07, 6.45) is -0.361. The molecule has 0 fully saturated rings. The lowest BCUT2D eigenvalue weighted by Gasteiger charge is -2.22. The molecule has 0 amide bonds. The van der Waals surface area contributed by atoms with Crippen LogP contribution < -0.4 is 5.32 Å². The van der Waals surface area contributed by atoms with Crippen molar-refractivity contribution in [3.05, 3.63) is 27.1 Å². The Morgan fingerprint density at radius 3 is 2.50 bits per heavy atom. The topological polar surface area (TPSA) is 35.5 Å². The second kappa shape index (κ2) is 8.15. The smallest absolute Gasteiger partial charge is 0.0839 e. The Morgan fingerprint density at radius 1 is 1.28 bits per heavy atom. The van der Waals surface area contributed by atoms with Crippen molar-refractivity contribution in [2.24, 2.45) is 0 Å². The summed E-state index contributed by atoms with van der Waals surface area (Å²) in [5.41, 5.74) is 0.997. The average Bonchev–Trinajstić information content (AvgIpc) is 2.35. The van der Waals surface area contributed by atoms with Gasteiger partial charge in [-0.2, -0.15) is 0 Å². The summed E-state index contributed by atoms with van der Waals surface area (Å²) >= 11 is 6.90. The highest BCUT2D eigenvalue weighted by atomic mass is 79.9. The van der Waals surface area contributed by atoms with Gasteiger partial charge in [-0.05, 0) is 47.2 Å². The number of aliphatic hydroxyl groups excluding tert-OH is 1. The fraction of sp³-hybridized carbons (Fsp3) is 0.538. The van der Waals surface area contributed by atoms with Crippen LogP contribution in [0.4, 0.5) is 5.69 Å². The maximum absolute atomic E-state index is 9.96. The molecule has 0 aromatic heterocycles. The minimum absolute atomic E-state index is 0.361. The van der Waals surface area contributed by atoms with E-state index in [0.717, 1.165) is 27.7 Å². The van der Waals surface area contributed by atoms with Gasteiger partial charge in [-0.15, -0.1) is 0 Å². The minimum atomic E-state index is -0.361. The van der Waals surface area contributed by atoms with E-state index in [9.17, 15) is 5.11 Å². The molecule has 0 saturated heterocycles. The Balaban J connectivity index is 2.44. The number of benzene rings is 1. The van der Waals surface area contributed by atoms with Crippen molar-refractivity contribution < 1.29 is 5.11 Å². The van der Waals surface area contributed by atoms with Gasteiger partial charge in [0, 0.05) is 27.7 Å². The number of hydrogen-bond acceptors (Lipinski definition) is 3. The van der Waals surface area contributed by atoms with Crippen molar-refractivity contribution in [2.75, 3.05) is 31.5 Å². The minimum Gasteiger partial charge on any atom is -0.390 e. The van der Waals surface area contributed by atoms with E-state index in [1.165, 1.54) is 0 Å². The number of halogens is 2. The number of hydrogen-bond donors (Lipinski definition) is 2. The molecule has 1 unspecified atom stereocenters.